The van der Waals surface area contributed by atoms with Gasteiger partial charge in [-0.15, -0.1) is 0 Å². The number of unbranched alkanes of at least 4 members (excludes halogenated alkanes) is 4. The van der Waals surface area contributed by atoms with E-state index < -0.39 is 0 Å². The number of benzene rings is 1. The Labute approximate surface area is 259 Å². The second-order valence-electron chi connectivity index (χ2n) is 13.8. The van der Waals surface area contributed by atoms with Gasteiger partial charge in [0.2, 0.25) is 5.91 Å². The first kappa shape index (κ1) is 34.1. The SMILES string of the molecule is CCCCC/C=C\C/C=C\C/C=C\C/C=C\CCCC(=O)NC[C@]1(C)CCC[C@]2(C)c3ccc(C(C)C)cc3CC[C@@H]12. The predicted octanol–water partition coefficient (Wildman–Crippen LogP) is 11.1. The highest BCUT2D eigenvalue weighted by Crippen LogP contribution is 2.57. The summed E-state index contributed by atoms with van der Waals surface area (Å²) in [5.41, 5.74) is 5.02. The zero-order valence-electron chi connectivity index (χ0n) is 27.7. The molecule has 0 unspecified atom stereocenters. The van der Waals surface area contributed by atoms with Crippen LogP contribution in [0.15, 0.2) is 66.8 Å². The van der Waals surface area contributed by atoms with E-state index in [4.69, 9.17) is 0 Å². The van der Waals surface area contributed by atoms with Gasteiger partial charge in [0.1, 0.15) is 0 Å². The molecule has 0 aliphatic heterocycles. The quantitative estimate of drug-likeness (QED) is 0.146. The molecule has 1 aromatic rings. The third-order valence-electron chi connectivity index (χ3n) is 10.1. The van der Waals surface area contributed by atoms with E-state index in [0.29, 0.717) is 18.3 Å². The molecule has 1 aromatic carbocycles. The van der Waals surface area contributed by atoms with Crippen LogP contribution in [0.4, 0.5) is 0 Å². The molecule has 1 N–H and O–H groups in total. The molecule has 3 atom stereocenters. The lowest BCUT2D eigenvalue weighted by Crippen LogP contribution is -2.53. The minimum atomic E-state index is 0.170. The van der Waals surface area contributed by atoms with Crippen molar-refractivity contribution in [1.29, 1.82) is 0 Å². The van der Waals surface area contributed by atoms with Crippen LogP contribution in [-0.4, -0.2) is 12.5 Å². The summed E-state index contributed by atoms with van der Waals surface area (Å²) in [5, 5.41) is 3.36. The van der Waals surface area contributed by atoms with Gasteiger partial charge in [-0.3, -0.25) is 4.79 Å². The molecule has 1 saturated carbocycles. The van der Waals surface area contributed by atoms with Gasteiger partial charge in [0.15, 0.2) is 0 Å². The van der Waals surface area contributed by atoms with Crippen molar-refractivity contribution in [2.45, 2.75) is 142 Å². The van der Waals surface area contributed by atoms with Crippen LogP contribution in [0.5, 0.6) is 0 Å². The summed E-state index contributed by atoms with van der Waals surface area (Å²) in [7, 11) is 0. The molecule has 232 valence electrons. The molecule has 42 heavy (non-hydrogen) atoms. The van der Waals surface area contributed by atoms with Crippen LogP contribution in [0.1, 0.15) is 147 Å². The van der Waals surface area contributed by atoms with E-state index in [0.717, 1.165) is 38.6 Å². The molecule has 3 rings (SSSR count). The number of allylic oxidation sites excluding steroid dienone is 8. The lowest BCUT2D eigenvalue weighted by molar-refractivity contribution is -0.122. The average Bonchev–Trinajstić information content (AvgIpc) is 2.97. The maximum absolute atomic E-state index is 12.8. The van der Waals surface area contributed by atoms with E-state index in [2.05, 4.69) is 107 Å². The number of rotatable bonds is 17. The number of hydrogen-bond acceptors (Lipinski definition) is 1. The summed E-state index contributed by atoms with van der Waals surface area (Å²) in [6.45, 7) is 12.6. The summed E-state index contributed by atoms with van der Waals surface area (Å²) >= 11 is 0. The third kappa shape index (κ3) is 10.1. The number of carbonyl (C=O) groups excluding carboxylic acids is 1. The van der Waals surface area contributed by atoms with Crippen molar-refractivity contribution < 1.29 is 4.79 Å². The van der Waals surface area contributed by atoms with Crippen LogP contribution in [0.2, 0.25) is 0 Å². The van der Waals surface area contributed by atoms with Gasteiger partial charge < -0.3 is 5.32 Å². The lowest BCUT2D eigenvalue weighted by Gasteiger charge is -2.55. The summed E-state index contributed by atoms with van der Waals surface area (Å²) in [5.74, 6) is 1.42. The lowest BCUT2D eigenvalue weighted by atomic mass is 9.49. The molecular weight excluding hydrogens is 510 g/mol. The molecule has 0 saturated heterocycles. The van der Waals surface area contributed by atoms with E-state index in [1.54, 1.807) is 11.1 Å². The zero-order chi connectivity index (χ0) is 30.3. The van der Waals surface area contributed by atoms with E-state index in [1.165, 1.54) is 63.4 Å². The Hall–Kier alpha value is -2.35. The number of carbonyl (C=O) groups is 1. The standard InChI is InChI=1S/C40H61NO/c1-6-7-8-9-10-11-12-13-14-15-16-17-18-19-20-21-22-24-38(42)41-32-39(4)29-23-30-40(5)36-27-25-34(33(2)3)31-35(36)26-28-37(39)40/h10-11,13-14,16-17,19-20,25,27,31,33,37H,6-9,12,15,18,21-24,26,28-30,32H2,1-5H3,(H,41,42)/b11-10-,14-13-,17-16-,20-19-/t37-,39-,40+/m0/s1. The topological polar surface area (TPSA) is 29.1 Å². The van der Waals surface area contributed by atoms with Crippen molar-refractivity contribution in [1.82, 2.24) is 5.32 Å². The van der Waals surface area contributed by atoms with Crippen LogP contribution < -0.4 is 5.32 Å². The smallest absolute Gasteiger partial charge is 0.220 e. The third-order valence-corrected chi connectivity index (χ3v) is 10.1. The van der Waals surface area contributed by atoms with Gasteiger partial charge in [-0.2, -0.15) is 0 Å². The fourth-order valence-electron chi connectivity index (χ4n) is 7.54. The van der Waals surface area contributed by atoms with E-state index in [-0.39, 0.29) is 16.7 Å². The molecule has 0 spiro atoms. The van der Waals surface area contributed by atoms with Gasteiger partial charge in [0.05, 0.1) is 0 Å². The van der Waals surface area contributed by atoms with E-state index in [9.17, 15) is 4.79 Å². The molecule has 2 nitrogen and oxygen atoms in total. The Bertz CT molecular complexity index is 1080. The molecule has 2 aliphatic carbocycles. The Morgan fingerprint density at radius 3 is 2.19 bits per heavy atom. The van der Waals surface area contributed by atoms with E-state index >= 15 is 0 Å². The molecule has 1 amide bonds. The molecule has 2 heteroatoms. The average molecular weight is 572 g/mol. The minimum Gasteiger partial charge on any atom is -0.356 e. The normalized spacial score (nSPS) is 24.3. The van der Waals surface area contributed by atoms with Crippen molar-refractivity contribution in [3.8, 4) is 0 Å². The molecule has 1 fully saturated rings. The van der Waals surface area contributed by atoms with Crippen LogP contribution in [0.3, 0.4) is 0 Å². The van der Waals surface area contributed by atoms with Gasteiger partial charge in [-0.05, 0) is 110 Å². The Kier molecular flexibility index (Phi) is 14.4. The first-order valence-corrected chi connectivity index (χ1v) is 17.3. The largest absolute Gasteiger partial charge is 0.356 e. The van der Waals surface area contributed by atoms with E-state index in [1.807, 2.05) is 0 Å². The van der Waals surface area contributed by atoms with Crippen LogP contribution >= 0.6 is 0 Å². The number of nitrogens with one attached hydrogen (secondary N) is 1. The Morgan fingerprint density at radius 1 is 0.905 bits per heavy atom. The maximum Gasteiger partial charge on any atom is 0.220 e. The van der Waals surface area contributed by atoms with Crippen LogP contribution in [0, 0.1) is 11.3 Å². The first-order chi connectivity index (χ1) is 20.3. The predicted molar refractivity (Wildman–Crippen MR) is 183 cm³/mol. The van der Waals surface area contributed by atoms with Crippen molar-refractivity contribution in [3.05, 3.63) is 83.5 Å². The first-order valence-electron chi connectivity index (χ1n) is 17.3. The minimum absolute atomic E-state index is 0.170. The van der Waals surface area contributed by atoms with Crippen molar-refractivity contribution in [2.24, 2.45) is 11.3 Å². The van der Waals surface area contributed by atoms with Crippen LogP contribution in [-0.2, 0) is 16.6 Å². The fourth-order valence-corrected chi connectivity index (χ4v) is 7.54. The highest BCUT2D eigenvalue weighted by molar-refractivity contribution is 5.75. The highest BCUT2D eigenvalue weighted by atomic mass is 16.1. The Balaban J connectivity index is 1.32. The van der Waals surface area contributed by atoms with Crippen molar-refractivity contribution in [2.75, 3.05) is 6.54 Å². The Morgan fingerprint density at radius 2 is 1.55 bits per heavy atom. The van der Waals surface area contributed by atoms with Crippen molar-refractivity contribution >= 4 is 5.91 Å². The van der Waals surface area contributed by atoms with Gasteiger partial charge in [0.25, 0.3) is 0 Å². The molecule has 0 radical (unpaired) electrons. The molecule has 2 aliphatic rings. The van der Waals surface area contributed by atoms with Gasteiger partial charge in [-0.1, -0.05) is 121 Å². The van der Waals surface area contributed by atoms with Gasteiger partial charge in [-0.25, -0.2) is 0 Å². The number of fused-ring (bicyclic) bond motifs is 3. The monoisotopic (exact) mass is 571 g/mol. The number of amides is 1. The van der Waals surface area contributed by atoms with Crippen LogP contribution in [0.25, 0.3) is 0 Å². The summed E-state index contributed by atoms with van der Waals surface area (Å²) in [4.78, 5) is 12.8. The fraction of sp³-hybridized carbons (Fsp3) is 0.625. The summed E-state index contributed by atoms with van der Waals surface area (Å²) < 4.78 is 0. The highest BCUT2D eigenvalue weighted by Gasteiger charge is 2.51. The molecule has 0 heterocycles. The number of aryl methyl sites for hydroxylation is 1. The molecular formula is C40H61NO. The molecule has 0 aromatic heterocycles. The zero-order valence-corrected chi connectivity index (χ0v) is 27.7. The maximum atomic E-state index is 12.8. The van der Waals surface area contributed by atoms with Crippen molar-refractivity contribution in [3.63, 3.8) is 0 Å². The second kappa shape index (κ2) is 17.7. The summed E-state index contributed by atoms with van der Waals surface area (Å²) in [6.07, 6.45) is 34.9. The molecule has 0 bridgehead atoms. The summed E-state index contributed by atoms with van der Waals surface area (Å²) in [6, 6.07) is 7.29. The van der Waals surface area contributed by atoms with Gasteiger partial charge in [0, 0.05) is 13.0 Å². The second-order valence-corrected chi connectivity index (χ2v) is 13.8. The van der Waals surface area contributed by atoms with Gasteiger partial charge >= 0.3 is 0 Å². The number of hydrogen-bond donors (Lipinski definition) is 1.